The second-order valence-corrected chi connectivity index (χ2v) is 5.06. The lowest BCUT2D eigenvalue weighted by Gasteiger charge is -2.14. The van der Waals surface area contributed by atoms with E-state index in [1.165, 1.54) is 19.2 Å². The van der Waals surface area contributed by atoms with E-state index in [-0.39, 0.29) is 17.2 Å². The Balaban J connectivity index is 2.61. The van der Waals surface area contributed by atoms with Crippen LogP contribution in [0.1, 0.15) is 17.3 Å². The van der Waals surface area contributed by atoms with Gasteiger partial charge >= 0.3 is 0 Å². The van der Waals surface area contributed by atoms with Crippen LogP contribution in [0.5, 0.6) is 5.75 Å². The Morgan fingerprint density at radius 3 is 2.80 bits per heavy atom. The summed E-state index contributed by atoms with van der Waals surface area (Å²) in [7, 11) is 1.54. The lowest BCUT2D eigenvalue weighted by atomic mass is 10.1. The highest BCUT2D eigenvalue weighted by Gasteiger charge is 2.18. The topological polar surface area (TPSA) is 87.7 Å². The van der Waals surface area contributed by atoms with Crippen LogP contribution >= 0.6 is 15.9 Å². The average Bonchev–Trinajstić information content (AvgIpc) is 2.41. The second kappa shape index (κ2) is 7.86. The van der Waals surface area contributed by atoms with Crippen molar-refractivity contribution in [1.82, 2.24) is 10.6 Å². The maximum absolute atomic E-state index is 12.0. The number of phenolic OH excluding ortho intramolecular Hbond substituents is 1. The van der Waals surface area contributed by atoms with Crippen LogP contribution in [0, 0.1) is 0 Å². The van der Waals surface area contributed by atoms with Gasteiger partial charge < -0.3 is 20.5 Å². The molecule has 0 aliphatic rings. The molecule has 0 aromatic heterocycles. The Bertz CT molecular complexity index is 493. The van der Waals surface area contributed by atoms with Gasteiger partial charge in [-0.05, 0) is 25.1 Å². The summed E-state index contributed by atoms with van der Waals surface area (Å²) in [6, 6.07) is 3.80. The number of carbonyl (C=O) groups is 2. The van der Waals surface area contributed by atoms with Crippen LogP contribution in [0.15, 0.2) is 22.7 Å². The number of phenols is 1. The molecule has 0 spiro atoms. The molecule has 0 saturated carbocycles. The van der Waals surface area contributed by atoms with E-state index in [2.05, 4.69) is 26.6 Å². The smallest absolute Gasteiger partial charge is 0.255 e. The summed E-state index contributed by atoms with van der Waals surface area (Å²) in [4.78, 5) is 23.6. The van der Waals surface area contributed by atoms with Crippen molar-refractivity contribution >= 4 is 27.7 Å². The Labute approximate surface area is 125 Å². The number of halogens is 1. The van der Waals surface area contributed by atoms with E-state index in [4.69, 9.17) is 4.74 Å². The zero-order valence-corrected chi connectivity index (χ0v) is 12.9. The van der Waals surface area contributed by atoms with Crippen LogP contribution in [0.25, 0.3) is 0 Å². The molecule has 0 aliphatic carbocycles. The standard InChI is InChI=1S/C13H17BrN2O4/c1-8(12(18)15-5-6-20-2)16-13(19)10-7-9(14)3-4-11(10)17/h3-4,7-8,17H,5-6H2,1-2H3,(H,15,18)(H,16,19). The van der Waals surface area contributed by atoms with Gasteiger partial charge in [0, 0.05) is 18.1 Å². The minimum absolute atomic E-state index is 0.107. The molecule has 3 N–H and O–H groups in total. The quantitative estimate of drug-likeness (QED) is 0.672. The molecule has 1 aromatic rings. The molecule has 0 aliphatic heterocycles. The summed E-state index contributed by atoms with van der Waals surface area (Å²) < 4.78 is 5.48. The summed E-state index contributed by atoms with van der Waals surface area (Å²) in [6.07, 6.45) is 0. The van der Waals surface area contributed by atoms with Gasteiger partial charge in [-0.3, -0.25) is 9.59 Å². The van der Waals surface area contributed by atoms with E-state index >= 15 is 0 Å². The highest BCUT2D eigenvalue weighted by molar-refractivity contribution is 9.10. The van der Waals surface area contributed by atoms with Gasteiger partial charge in [-0.2, -0.15) is 0 Å². The third-order valence-electron chi connectivity index (χ3n) is 2.55. The lowest BCUT2D eigenvalue weighted by molar-refractivity contribution is -0.122. The maximum atomic E-state index is 12.0. The zero-order valence-electron chi connectivity index (χ0n) is 11.3. The fourth-order valence-electron chi connectivity index (χ4n) is 1.46. The summed E-state index contributed by atoms with van der Waals surface area (Å²) in [6.45, 7) is 2.34. The number of hydrogen-bond donors (Lipinski definition) is 3. The normalized spacial score (nSPS) is 11.8. The molecule has 0 bridgehead atoms. The van der Waals surface area contributed by atoms with Gasteiger partial charge in [-0.1, -0.05) is 15.9 Å². The van der Waals surface area contributed by atoms with E-state index in [1.54, 1.807) is 13.0 Å². The van der Waals surface area contributed by atoms with E-state index in [0.29, 0.717) is 17.6 Å². The molecule has 1 aromatic carbocycles. The molecule has 0 fully saturated rings. The van der Waals surface area contributed by atoms with Crippen LogP contribution in [0.2, 0.25) is 0 Å². The first-order valence-electron chi connectivity index (χ1n) is 6.01. The lowest BCUT2D eigenvalue weighted by Crippen LogP contribution is -2.45. The van der Waals surface area contributed by atoms with E-state index in [1.807, 2.05) is 0 Å². The van der Waals surface area contributed by atoms with Gasteiger partial charge in [-0.25, -0.2) is 0 Å². The number of methoxy groups -OCH3 is 1. The van der Waals surface area contributed by atoms with Crippen LogP contribution < -0.4 is 10.6 Å². The molecule has 7 heteroatoms. The Morgan fingerprint density at radius 1 is 1.45 bits per heavy atom. The summed E-state index contributed by atoms with van der Waals surface area (Å²) in [5.74, 6) is -0.972. The third-order valence-corrected chi connectivity index (χ3v) is 3.04. The molecule has 6 nitrogen and oxygen atoms in total. The van der Waals surface area contributed by atoms with Gasteiger partial charge in [0.25, 0.3) is 5.91 Å². The third kappa shape index (κ3) is 4.82. The fourth-order valence-corrected chi connectivity index (χ4v) is 1.82. The first kappa shape index (κ1) is 16.5. The minimum Gasteiger partial charge on any atom is -0.507 e. The van der Waals surface area contributed by atoms with E-state index in [0.717, 1.165) is 0 Å². The molecule has 1 unspecified atom stereocenters. The van der Waals surface area contributed by atoms with Gasteiger partial charge in [0.05, 0.1) is 12.2 Å². The van der Waals surface area contributed by atoms with Crippen LogP contribution in [0.3, 0.4) is 0 Å². The van der Waals surface area contributed by atoms with Gasteiger partial charge in [0.2, 0.25) is 5.91 Å². The predicted molar refractivity (Wildman–Crippen MR) is 77.6 cm³/mol. The van der Waals surface area contributed by atoms with Crippen molar-refractivity contribution in [3.63, 3.8) is 0 Å². The number of aromatic hydroxyl groups is 1. The Morgan fingerprint density at radius 2 is 2.15 bits per heavy atom. The number of hydrogen-bond acceptors (Lipinski definition) is 4. The Kier molecular flexibility index (Phi) is 6.47. The van der Waals surface area contributed by atoms with Crippen LogP contribution in [-0.2, 0) is 9.53 Å². The highest BCUT2D eigenvalue weighted by Crippen LogP contribution is 2.21. The van der Waals surface area contributed by atoms with Crippen LogP contribution in [0.4, 0.5) is 0 Å². The SMILES string of the molecule is COCCNC(=O)C(C)NC(=O)c1cc(Br)ccc1O. The molecule has 0 radical (unpaired) electrons. The number of benzene rings is 1. The van der Waals surface area contributed by atoms with Gasteiger partial charge in [0.1, 0.15) is 11.8 Å². The zero-order chi connectivity index (χ0) is 15.1. The Hall–Kier alpha value is -1.60. The fraction of sp³-hybridized carbons (Fsp3) is 0.385. The van der Waals surface area contributed by atoms with Gasteiger partial charge in [0.15, 0.2) is 0 Å². The summed E-state index contributed by atoms with van der Waals surface area (Å²) >= 11 is 3.22. The first-order chi connectivity index (χ1) is 9.45. The molecule has 1 rings (SSSR count). The molecule has 0 saturated heterocycles. The van der Waals surface area contributed by atoms with E-state index < -0.39 is 11.9 Å². The van der Waals surface area contributed by atoms with Crippen molar-refractivity contribution in [3.05, 3.63) is 28.2 Å². The number of carbonyl (C=O) groups excluding carboxylic acids is 2. The second-order valence-electron chi connectivity index (χ2n) is 4.14. The summed E-state index contributed by atoms with van der Waals surface area (Å²) in [5, 5.41) is 14.8. The highest BCUT2D eigenvalue weighted by atomic mass is 79.9. The van der Waals surface area contributed by atoms with Crippen molar-refractivity contribution in [2.24, 2.45) is 0 Å². The molecule has 0 heterocycles. The number of ether oxygens (including phenoxy) is 1. The monoisotopic (exact) mass is 344 g/mol. The minimum atomic E-state index is -0.710. The van der Waals surface area contributed by atoms with Crippen molar-refractivity contribution < 1.29 is 19.4 Å². The number of rotatable bonds is 6. The maximum Gasteiger partial charge on any atom is 0.255 e. The molecule has 2 amide bonds. The van der Waals surface area contributed by atoms with Crippen molar-refractivity contribution in [3.8, 4) is 5.75 Å². The van der Waals surface area contributed by atoms with E-state index in [9.17, 15) is 14.7 Å². The molecule has 110 valence electrons. The summed E-state index contributed by atoms with van der Waals surface area (Å²) in [5.41, 5.74) is 0.107. The van der Waals surface area contributed by atoms with Crippen LogP contribution in [-0.4, -0.2) is 43.2 Å². The molecular formula is C13H17BrN2O4. The number of nitrogens with one attached hydrogen (secondary N) is 2. The number of amides is 2. The average molecular weight is 345 g/mol. The van der Waals surface area contributed by atoms with Crippen molar-refractivity contribution in [2.45, 2.75) is 13.0 Å². The predicted octanol–water partition coefficient (Wildman–Crippen LogP) is 1.04. The van der Waals surface area contributed by atoms with Crippen molar-refractivity contribution in [2.75, 3.05) is 20.3 Å². The molecular weight excluding hydrogens is 328 g/mol. The molecule has 1 atom stereocenters. The van der Waals surface area contributed by atoms with Crippen molar-refractivity contribution in [1.29, 1.82) is 0 Å². The largest absolute Gasteiger partial charge is 0.507 e. The molecule has 20 heavy (non-hydrogen) atoms. The van der Waals surface area contributed by atoms with Gasteiger partial charge in [-0.15, -0.1) is 0 Å². The first-order valence-corrected chi connectivity index (χ1v) is 6.81.